The maximum absolute atomic E-state index is 13.0. The van der Waals surface area contributed by atoms with Crippen molar-refractivity contribution >= 4 is 27.9 Å². The number of hydrogen-bond donors (Lipinski definition) is 0. The molecule has 0 bridgehead atoms. The van der Waals surface area contributed by atoms with Crippen LogP contribution in [0.1, 0.15) is 30.1 Å². The third-order valence-corrected chi connectivity index (χ3v) is 6.72. The highest BCUT2D eigenvalue weighted by molar-refractivity contribution is 7.89. The number of piperidine rings is 1. The van der Waals surface area contributed by atoms with E-state index >= 15 is 0 Å². The topological polar surface area (TPSA) is 110 Å². The van der Waals surface area contributed by atoms with Gasteiger partial charge in [0.25, 0.3) is 0 Å². The molecule has 160 valence electrons. The van der Waals surface area contributed by atoms with Crippen LogP contribution in [0.3, 0.4) is 0 Å². The van der Waals surface area contributed by atoms with Crippen LogP contribution in [0, 0.1) is 5.92 Å². The van der Waals surface area contributed by atoms with Gasteiger partial charge in [-0.2, -0.15) is 4.31 Å². The molecule has 1 aromatic carbocycles. The smallest absolute Gasteiger partial charge is 0.339 e. The van der Waals surface area contributed by atoms with Gasteiger partial charge in [0.05, 0.1) is 24.2 Å². The summed E-state index contributed by atoms with van der Waals surface area (Å²) in [6, 6.07) is 5.88. The highest BCUT2D eigenvalue weighted by Gasteiger charge is 2.35. The minimum atomic E-state index is -3.91. The number of amides is 1. The normalized spacial score (nSPS) is 15.6. The molecule has 1 saturated heterocycles. The molecule has 0 unspecified atom stereocenters. The fourth-order valence-electron chi connectivity index (χ4n) is 3.24. The number of methoxy groups -OCH3 is 1. The van der Waals surface area contributed by atoms with E-state index in [-0.39, 0.29) is 48.5 Å². The molecule has 9 nitrogen and oxygen atoms in total. The lowest BCUT2D eigenvalue weighted by Gasteiger charge is -2.32. The van der Waals surface area contributed by atoms with E-state index in [1.54, 1.807) is 19.1 Å². The van der Waals surface area contributed by atoms with Crippen LogP contribution in [-0.4, -0.2) is 75.9 Å². The maximum atomic E-state index is 13.0. The number of benzene rings is 1. The van der Waals surface area contributed by atoms with Gasteiger partial charge in [-0.05, 0) is 31.9 Å². The minimum Gasteiger partial charge on any atom is -0.465 e. The van der Waals surface area contributed by atoms with Gasteiger partial charge in [0.1, 0.15) is 6.54 Å². The van der Waals surface area contributed by atoms with E-state index in [0.29, 0.717) is 12.8 Å². The molecule has 0 aromatic heterocycles. The average Bonchev–Trinajstić information content (AvgIpc) is 2.72. The highest BCUT2D eigenvalue weighted by Crippen LogP contribution is 2.27. The van der Waals surface area contributed by atoms with E-state index in [9.17, 15) is 22.8 Å². The summed E-state index contributed by atoms with van der Waals surface area (Å²) >= 11 is 0. The van der Waals surface area contributed by atoms with Crippen LogP contribution < -0.4 is 0 Å². The lowest BCUT2D eigenvalue weighted by Crippen LogP contribution is -2.44. The number of carbonyl (C=O) groups is 3. The summed E-state index contributed by atoms with van der Waals surface area (Å²) in [7, 11) is -1.20. The first-order valence-corrected chi connectivity index (χ1v) is 10.7. The maximum Gasteiger partial charge on any atom is 0.339 e. The van der Waals surface area contributed by atoms with Crippen molar-refractivity contribution < 1.29 is 32.3 Å². The third kappa shape index (κ3) is 5.33. The van der Waals surface area contributed by atoms with Crippen molar-refractivity contribution in [3.05, 3.63) is 29.8 Å². The van der Waals surface area contributed by atoms with Crippen LogP contribution in [0.15, 0.2) is 29.2 Å². The quantitative estimate of drug-likeness (QED) is 0.596. The van der Waals surface area contributed by atoms with Gasteiger partial charge >= 0.3 is 11.9 Å². The van der Waals surface area contributed by atoms with Crippen LogP contribution in [0.4, 0.5) is 0 Å². The summed E-state index contributed by atoms with van der Waals surface area (Å²) in [4.78, 5) is 37.2. The zero-order valence-electron chi connectivity index (χ0n) is 16.8. The van der Waals surface area contributed by atoms with E-state index < -0.39 is 22.0 Å². The minimum absolute atomic E-state index is 0.0256. The Bertz CT molecular complexity index is 861. The van der Waals surface area contributed by atoms with Crippen LogP contribution in [-0.2, 0) is 29.1 Å². The number of rotatable bonds is 7. The lowest BCUT2D eigenvalue weighted by atomic mass is 9.97. The Hall–Kier alpha value is -2.46. The van der Waals surface area contributed by atoms with E-state index in [2.05, 4.69) is 4.74 Å². The predicted molar refractivity (Wildman–Crippen MR) is 104 cm³/mol. The third-order valence-electron chi connectivity index (χ3n) is 4.76. The Kier molecular flexibility index (Phi) is 7.74. The van der Waals surface area contributed by atoms with Gasteiger partial charge in [-0.15, -0.1) is 0 Å². The summed E-state index contributed by atoms with van der Waals surface area (Å²) in [5.74, 6) is -1.81. The van der Waals surface area contributed by atoms with Crippen molar-refractivity contribution in [1.29, 1.82) is 0 Å². The number of ether oxygens (including phenoxy) is 2. The van der Waals surface area contributed by atoms with Crippen molar-refractivity contribution in [3.63, 3.8) is 0 Å². The monoisotopic (exact) mass is 426 g/mol. The Morgan fingerprint density at radius 1 is 1.17 bits per heavy atom. The van der Waals surface area contributed by atoms with Crippen molar-refractivity contribution in [1.82, 2.24) is 9.21 Å². The fourth-order valence-corrected chi connectivity index (χ4v) is 4.89. The molecule has 0 radical (unpaired) electrons. The Labute approximate surface area is 170 Å². The number of sulfonamides is 1. The second-order valence-electron chi connectivity index (χ2n) is 6.67. The fraction of sp³-hybridized carbons (Fsp3) is 0.526. The molecule has 29 heavy (non-hydrogen) atoms. The molecule has 0 aliphatic carbocycles. The summed E-state index contributed by atoms with van der Waals surface area (Å²) in [6.45, 7) is 2.07. The molecule has 1 fully saturated rings. The summed E-state index contributed by atoms with van der Waals surface area (Å²) in [6.07, 6.45) is 0.650. The predicted octanol–water partition coefficient (Wildman–Crippen LogP) is 0.895. The van der Waals surface area contributed by atoms with Crippen molar-refractivity contribution in [2.24, 2.45) is 5.92 Å². The summed E-state index contributed by atoms with van der Waals surface area (Å²) in [5.41, 5.74) is -0.0256. The first-order chi connectivity index (χ1) is 13.7. The van der Waals surface area contributed by atoms with Crippen LogP contribution in [0.25, 0.3) is 0 Å². The van der Waals surface area contributed by atoms with Gasteiger partial charge in [-0.1, -0.05) is 12.1 Å². The van der Waals surface area contributed by atoms with E-state index in [1.165, 1.54) is 35.5 Å². The average molecular weight is 426 g/mol. The van der Waals surface area contributed by atoms with Gasteiger partial charge < -0.3 is 14.4 Å². The zero-order valence-corrected chi connectivity index (χ0v) is 17.6. The molecule has 1 aliphatic rings. The summed E-state index contributed by atoms with van der Waals surface area (Å²) < 4.78 is 36.8. The van der Waals surface area contributed by atoms with E-state index in [0.717, 1.165) is 0 Å². The molecule has 1 amide bonds. The van der Waals surface area contributed by atoms with Crippen molar-refractivity contribution in [2.45, 2.75) is 24.7 Å². The van der Waals surface area contributed by atoms with Gasteiger partial charge in [0.2, 0.25) is 15.9 Å². The molecule has 1 aromatic rings. The Balaban J connectivity index is 2.06. The number of likely N-dealkylation sites (N-methyl/N-ethyl adjacent to an activating group) is 1. The van der Waals surface area contributed by atoms with Crippen molar-refractivity contribution in [3.8, 4) is 0 Å². The van der Waals surface area contributed by atoms with E-state index in [4.69, 9.17) is 4.74 Å². The molecule has 0 atom stereocenters. The SMILES string of the molecule is CCOC(=O)CN(C)C(=O)C1CCN(S(=O)(=O)c2ccccc2C(=O)OC)CC1. The molecule has 2 rings (SSSR count). The molecule has 1 aliphatic heterocycles. The number of hydrogen-bond acceptors (Lipinski definition) is 7. The van der Waals surface area contributed by atoms with Gasteiger partial charge in [-0.3, -0.25) is 9.59 Å². The van der Waals surface area contributed by atoms with Crippen molar-refractivity contribution in [2.75, 3.05) is 40.4 Å². The molecule has 0 spiro atoms. The second-order valence-corrected chi connectivity index (χ2v) is 8.57. The second kappa shape index (κ2) is 9.84. The molecule has 10 heteroatoms. The molecule has 1 heterocycles. The molecular weight excluding hydrogens is 400 g/mol. The van der Waals surface area contributed by atoms with E-state index in [1.807, 2.05) is 0 Å². The van der Waals surface area contributed by atoms with Gasteiger partial charge in [0.15, 0.2) is 0 Å². The number of nitrogens with zero attached hydrogens (tertiary/aromatic N) is 2. The molecule has 0 saturated carbocycles. The van der Waals surface area contributed by atoms with Crippen LogP contribution in [0.5, 0.6) is 0 Å². The number of carbonyl (C=O) groups excluding carboxylic acids is 3. The molecule has 0 N–H and O–H groups in total. The standard InChI is InChI=1S/C19H26N2O7S/c1-4-28-17(22)13-20(2)18(23)14-9-11-21(12-10-14)29(25,26)16-8-6-5-7-15(16)19(24)27-3/h5-8,14H,4,9-13H2,1-3H3. The first kappa shape index (κ1) is 22.8. The number of esters is 2. The Morgan fingerprint density at radius 2 is 1.79 bits per heavy atom. The largest absolute Gasteiger partial charge is 0.465 e. The highest BCUT2D eigenvalue weighted by atomic mass is 32.2. The summed E-state index contributed by atoms with van der Waals surface area (Å²) in [5, 5.41) is 0. The van der Waals surface area contributed by atoms with Crippen LogP contribution in [0.2, 0.25) is 0 Å². The lowest BCUT2D eigenvalue weighted by molar-refractivity contribution is -0.149. The Morgan fingerprint density at radius 3 is 2.38 bits per heavy atom. The zero-order chi connectivity index (χ0) is 21.6. The van der Waals surface area contributed by atoms with Crippen LogP contribution >= 0.6 is 0 Å². The molecular formula is C19H26N2O7S. The van der Waals surface area contributed by atoms with Gasteiger partial charge in [-0.25, -0.2) is 13.2 Å². The van der Waals surface area contributed by atoms with Gasteiger partial charge in [0, 0.05) is 26.1 Å². The first-order valence-electron chi connectivity index (χ1n) is 9.30.